The van der Waals surface area contributed by atoms with E-state index in [1.54, 1.807) is 0 Å². The number of hydrogen-bond donors (Lipinski definition) is 0. The molecule has 0 spiro atoms. The lowest BCUT2D eigenvalue weighted by Crippen LogP contribution is -2.14. The fourth-order valence-corrected chi connectivity index (χ4v) is 4.85. The molecule has 2 aromatic rings. The summed E-state index contributed by atoms with van der Waals surface area (Å²) in [5.41, 5.74) is 3.24. The second-order valence-electron chi connectivity index (χ2n) is 9.28. The third kappa shape index (κ3) is 7.52. The van der Waals surface area contributed by atoms with Crippen molar-refractivity contribution in [1.29, 1.82) is 0 Å². The summed E-state index contributed by atoms with van der Waals surface area (Å²) in [6.45, 7) is 4.40. The van der Waals surface area contributed by atoms with Crippen molar-refractivity contribution in [2.75, 3.05) is 0 Å². The average molecular weight is 421 g/mol. The van der Waals surface area contributed by atoms with Crippen molar-refractivity contribution >= 4 is 5.97 Å². The van der Waals surface area contributed by atoms with E-state index in [0.29, 0.717) is 17.2 Å². The number of aryl methyl sites for hydroxylation is 1. The first-order chi connectivity index (χ1) is 15.2. The maximum absolute atomic E-state index is 12.5. The molecule has 1 aliphatic carbocycles. The topological polar surface area (TPSA) is 26.3 Å². The van der Waals surface area contributed by atoms with E-state index < -0.39 is 0 Å². The van der Waals surface area contributed by atoms with Gasteiger partial charge in [-0.3, -0.25) is 0 Å². The molecule has 2 aromatic carbocycles. The summed E-state index contributed by atoms with van der Waals surface area (Å²) in [4.78, 5) is 12.5. The van der Waals surface area contributed by atoms with Crippen molar-refractivity contribution < 1.29 is 9.53 Å². The minimum Gasteiger partial charge on any atom is -0.423 e. The number of ether oxygens (including phenoxy) is 1. The summed E-state index contributed by atoms with van der Waals surface area (Å²) < 4.78 is 5.53. The number of esters is 1. The van der Waals surface area contributed by atoms with Crippen LogP contribution in [0.4, 0.5) is 0 Å². The maximum atomic E-state index is 12.5. The van der Waals surface area contributed by atoms with Crippen molar-refractivity contribution in [3.63, 3.8) is 0 Å². The Labute approximate surface area is 189 Å². The van der Waals surface area contributed by atoms with Gasteiger partial charge in [0.25, 0.3) is 0 Å². The Hall–Kier alpha value is -2.09. The molecule has 3 rings (SSSR count). The Morgan fingerprint density at radius 3 is 2.10 bits per heavy atom. The van der Waals surface area contributed by atoms with Gasteiger partial charge in [0.2, 0.25) is 0 Å². The zero-order chi connectivity index (χ0) is 21.9. The third-order valence-corrected chi connectivity index (χ3v) is 6.97. The molecule has 0 atom stereocenters. The molecule has 168 valence electrons. The van der Waals surface area contributed by atoms with Crippen LogP contribution in [0.25, 0.3) is 0 Å². The molecule has 0 aromatic heterocycles. The molecule has 0 unspecified atom stereocenters. The first kappa shape index (κ1) is 23.6. The van der Waals surface area contributed by atoms with E-state index in [9.17, 15) is 4.79 Å². The van der Waals surface area contributed by atoms with E-state index in [0.717, 1.165) is 12.3 Å². The monoisotopic (exact) mass is 420 g/mol. The van der Waals surface area contributed by atoms with Gasteiger partial charge in [0, 0.05) is 0 Å². The van der Waals surface area contributed by atoms with Crippen LogP contribution in [0.2, 0.25) is 0 Å². The van der Waals surface area contributed by atoms with Gasteiger partial charge in [-0.1, -0.05) is 83.1 Å². The molecular weight excluding hydrogens is 380 g/mol. The van der Waals surface area contributed by atoms with Gasteiger partial charge in [0.15, 0.2) is 0 Å². The molecule has 0 bridgehead atoms. The molecule has 0 aliphatic heterocycles. The lowest BCUT2D eigenvalue weighted by molar-refractivity contribution is 0.0734. The van der Waals surface area contributed by atoms with Crippen molar-refractivity contribution in [2.24, 2.45) is 5.92 Å². The summed E-state index contributed by atoms with van der Waals surface area (Å²) in [5, 5.41) is 0. The molecule has 1 fully saturated rings. The molecule has 0 radical (unpaired) electrons. The summed E-state index contributed by atoms with van der Waals surface area (Å²) in [7, 11) is 0. The smallest absolute Gasteiger partial charge is 0.343 e. The standard InChI is InChI=1S/C29H40O2/c1-3-5-6-7-8-9-10-24-11-15-25(16-12-24)26-17-19-27(20-18-26)29(30)31-28-21-13-23(4-2)14-22-28/h13-14,17-22,24-25H,3-12,15-16H2,1-2H3. The zero-order valence-corrected chi connectivity index (χ0v) is 19.6. The Kier molecular flexibility index (Phi) is 9.65. The molecule has 1 aliphatic rings. The zero-order valence-electron chi connectivity index (χ0n) is 19.6. The number of benzene rings is 2. The van der Waals surface area contributed by atoms with Gasteiger partial charge < -0.3 is 4.74 Å². The van der Waals surface area contributed by atoms with Crippen LogP contribution in [0.3, 0.4) is 0 Å². The molecule has 0 heterocycles. The van der Waals surface area contributed by atoms with Crippen LogP contribution in [-0.2, 0) is 6.42 Å². The lowest BCUT2D eigenvalue weighted by atomic mass is 9.77. The largest absolute Gasteiger partial charge is 0.423 e. The third-order valence-electron chi connectivity index (χ3n) is 6.97. The van der Waals surface area contributed by atoms with Crippen molar-refractivity contribution in [1.82, 2.24) is 0 Å². The Morgan fingerprint density at radius 2 is 1.45 bits per heavy atom. The van der Waals surface area contributed by atoms with Crippen LogP contribution in [0.1, 0.15) is 112 Å². The van der Waals surface area contributed by atoms with Gasteiger partial charge in [0.1, 0.15) is 5.75 Å². The Morgan fingerprint density at radius 1 is 0.806 bits per heavy atom. The van der Waals surface area contributed by atoms with E-state index in [-0.39, 0.29) is 5.97 Å². The second kappa shape index (κ2) is 12.7. The quantitative estimate of drug-likeness (QED) is 0.207. The van der Waals surface area contributed by atoms with Gasteiger partial charge in [-0.15, -0.1) is 0 Å². The van der Waals surface area contributed by atoms with E-state index >= 15 is 0 Å². The van der Waals surface area contributed by atoms with Crippen molar-refractivity contribution in [2.45, 2.75) is 96.8 Å². The predicted molar refractivity (Wildman–Crippen MR) is 130 cm³/mol. The van der Waals surface area contributed by atoms with Crippen LogP contribution in [-0.4, -0.2) is 5.97 Å². The van der Waals surface area contributed by atoms with Gasteiger partial charge in [-0.25, -0.2) is 4.79 Å². The second-order valence-corrected chi connectivity index (χ2v) is 9.28. The van der Waals surface area contributed by atoms with Crippen LogP contribution in [0.15, 0.2) is 48.5 Å². The average Bonchev–Trinajstić information content (AvgIpc) is 2.82. The molecule has 0 N–H and O–H groups in total. The molecule has 0 amide bonds. The van der Waals surface area contributed by atoms with E-state index in [1.165, 1.54) is 81.8 Å². The van der Waals surface area contributed by atoms with Gasteiger partial charge in [0.05, 0.1) is 5.56 Å². The van der Waals surface area contributed by atoms with Crippen molar-refractivity contribution in [3.05, 3.63) is 65.2 Å². The fourth-order valence-electron chi connectivity index (χ4n) is 4.85. The van der Waals surface area contributed by atoms with Crippen LogP contribution >= 0.6 is 0 Å². The van der Waals surface area contributed by atoms with Crippen LogP contribution in [0.5, 0.6) is 5.75 Å². The first-order valence-electron chi connectivity index (χ1n) is 12.6. The number of carbonyl (C=O) groups excluding carboxylic acids is 1. The molecule has 2 nitrogen and oxygen atoms in total. The predicted octanol–water partition coefficient (Wildman–Crippen LogP) is 8.49. The number of hydrogen-bond acceptors (Lipinski definition) is 2. The molecular formula is C29H40O2. The number of carbonyl (C=O) groups is 1. The molecule has 2 heteroatoms. The highest BCUT2D eigenvalue weighted by atomic mass is 16.5. The summed E-state index contributed by atoms with van der Waals surface area (Å²) in [6.07, 6.45) is 16.1. The number of unbranched alkanes of at least 4 members (excludes halogenated alkanes) is 5. The first-order valence-corrected chi connectivity index (χ1v) is 12.6. The Bertz CT molecular complexity index is 767. The van der Waals surface area contributed by atoms with Gasteiger partial charge in [-0.2, -0.15) is 0 Å². The number of rotatable bonds is 11. The molecule has 0 saturated heterocycles. The highest BCUT2D eigenvalue weighted by Gasteiger charge is 2.22. The molecule has 31 heavy (non-hydrogen) atoms. The molecule has 1 saturated carbocycles. The SMILES string of the molecule is CCCCCCCCC1CCC(c2ccc(C(=O)Oc3ccc(CC)cc3)cc2)CC1. The van der Waals surface area contributed by atoms with E-state index in [2.05, 4.69) is 26.0 Å². The summed E-state index contributed by atoms with van der Waals surface area (Å²) >= 11 is 0. The lowest BCUT2D eigenvalue weighted by Gasteiger charge is -2.29. The highest BCUT2D eigenvalue weighted by Crippen LogP contribution is 2.37. The summed E-state index contributed by atoms with van der Waals surface area (Å²) in [5.74, 6) is 1.90. The summed E-state index contributed by atoms with van der Waals surface area (Å²) in [6, 6.07) is 15.9. The normalized spacial score (nSPS) is 18.6. The minimum absolute atomic E-state index is 0.279. The van der Waals surface area contributed by atoms with Crippen LogP contribution < -0.4 is 4.74 Å². The van der Waals surface area contributed by atoms with Crippen molar-refractivity contribution in [3.8, 4) is 5.75 Å². The van der Waals surface area contributed by atoms with Crippen LogP contribution in [0, 0.1) is 5.92 Å². The highest BCUT2D eigenvalue weighted by molar-refractivity contribution is 5.91. The van der Waals surface area contributed by atoms with E-state index in [1.807, 2.05) is 36.4 Å². The van der Waals surface area contributed by atoms with Gasteiger partial charge in [-0.05, 0) is 79.3 Å². The van der Waals surface area contributed by atoms with E-state index in [4.69, 9.17) is 4.74 Å². The van der Waals surface area contributed by atoms with Gasteiger partial charge >= 0.3 is 5.97 Å². The Balaban J connectivity index is 1.41. The minimum atomic E-state index is -0.279. The fraction of sp³-hybridized carbons (Fsp3) is 0.552. The maximum Gasteiger partial charge on any atom is 0.343 e.